The summed E-state index contributed by atoms with van der Waals surface area (Å²) in [6.07, 6.45) is 0. The fraction of sp³-hybridized carbons (Fsp3) is 0.158. The van der Waals surface area contributed by atoms with Crippen LogP contribution in [0.3, 0.4) is 0 Å². The number of nitrogens with one attached hydrogen (secondary N) is 1. The van der Waals surface area contributed by atoms with Gasteiger partial charge in [-0.25, -0.2) is 0 Å². The first-order chi connectivity index (χ1) is 12.0. The third-order valence-electron chi connectivity index (χ3n) is 3.93. The van der Waals surface area contributed by atoms with Crippen molar-refractivity contribution < 1.29 is 9.53 Å². The lowest BCUT2D eigenvalue weighted by Gasteiger charge is -2.15. The molecule has 0 aliphatic heterocycles. The lowest BCUT2D eigenvalue weighted by molar-refractivity contribution is -0.116. The Labute approximate surface area is 149 Å². The number of amides is 1. The molecule has 0 saturated heterocycles. The number of halogens is 1. The fourth-order valence-corrected chi connectivity index (χ4v) is 2.99. The number of hydrogen-bond acceptors (Lipinski definition) is 3. The van der Waals surface area contributed by atoms with E-state index in [9.17, 15) is 9.59 Å². The number of fused-ring (bicyclic) bond motifs is 1. The molecule has 6 heteroatoms. The van der Waals surface area contributed by atoms with Crippen molar-refractivity contribution in [2.75, 3.05) is 12.4 Å². The van der Waals surface area contributed by atoms with Crippen molar-refractivity contribution in [1.29, 1.82) is 0 Å². The number of nitrogens with zero attached hydrogens (tertiary/aromatic N) is 1. The summed E-state index contributed by atoms with van der Waals surface area (Å²) >= 11 is 5.93. The molecule has 1 aromatic heterocycles. The van der Waals surface area contributed by atoms with Gasteiger partial charge in [-0.3, -0.25) is 14.2 Å². The van der Waals surface area contributed by atoms with Crippen LogP contribution < -0.4 is 15.6 Å². The Balaban J connectivity index is 2.01. The van der Waals surface area contributed by atoms with E-state index in [1.807, 2.05) is 19.1 Å². The zero-order valence-electron chi connectivity index (χ0n) is 13.9. The van der Waals surface area contributed by atoms with Crippen molar-refractivity contribution in [1.82, 2.24) is 4.57 Å². The van der Waals surface area contributed by atoms with Gasteiger partial charge in [0.1, 0.15) is 12.3 Å². The van der Waals surface area contributed by atoms with E-state index in [2.05, 4.69) is 5.32 Å². The molecule has 1 amide bonds. The Bertz CT molecular complexity index is 1010. The van der Waals surface area contributed by atoms with Gasteiger partial charge < -0.3 is 10.1 Å². The van der Waals surface area contributed by atoms with Crippen molar-refractivity contribution in [2.45, 2.75) is 13.5 Å². The number of benzene rings is 2. The average molecular weight is 357 g/mol. The summed E-state index contributed by atoms with van der Waals surface area (Å²) < 4.78 is 6.80. The summed E-state index contributed by atoms with van der Waals surface area (Å²) in [5.41, 5.74) is 1.77. The van der Waals surface area contributed by atoms with Crippen LogP contribution in [0.4, 0.5) is 5.69 Å². The minimum Gasteiger partial charge on any atom is -0.495 e. The minimum absolute atomic E-state index is 0.123. The number of methoxy groups -OCH3 is 1. The van der Waals surface area contributed by atoms with Gasteiger partial charge in [0, 0.05) is 22.2 Å². The van der Waals surface area contributed by atoms with Crippen LogP contribution in [0.2, 0.25) is 5.02 Å². The smallest absolute Gasteiger partial charge is 0.251 e. The van der Waals surface area contributed by atoms with Gasteiger partial charge in [-0.05, 0) is 36.8 Å². The predicted molar refractivity (Wildman–Crippen MR) is 99.6 cm³/mol. The highest BCUT2D eigenvalue weighted by Gasteiger charge is 2.14. The van der Waals surface area contributed by atoms with E-state index < -0.39 is 0 Å². The molecule has 3 aromatic rings. The van der Waals surface area contributed by atoms with Gasteiger partial charge in [-0.1, -0.05) is 29.8 Å². The summed E-state index contributed by atoms with van der Waals surface area (Å²) in [6.45, 7) is 1.74. The second kappa shape index (κ2) is 6.99. The van der Waals surface area contributed by atoms with E-state index in [4.69, 9.17) is 16.3 Å². The van der Waals surface area contributed by atoms with Crippen molar-refractivity contribution >= 4 is 34.1 Å². The molecule has 25 heavy (non-hydrogen) atoms. The first kappa shape index (κ1) is 17.0. The monoisotopic (exact) mass is 356 g/mol. The second-order valence-electron chi connectivity index (χ2n) is 5.67. The number of hydrogen-bond donors (Lipinski definition) is 1. The van der Waals surface area contributed by atoms with Crippen LogP contribution in [-0.2, 0) is 11.3 Å². The summed E-state index contributed by atoms with van der Waals surface area (Å²) in [6, 6.07) is 13.9. The highest BCUT2D eigenvalue weighted by molar-refractivity contribution is 6.30. The molecule has 0 saturated carbocycles. The van der Waals surface area contributed by atoms with E-state index in [0.717, 1.165) is 10.9 Å². The topological polar surface area (TPSA) is 60.3 Å². The molecular weight excluding hydrogens is 340 g/mol. The molecule has 5 nitrogen and oxygen atoms in total. The lowest BCUT2D eigenvalue weighted by Crippen LogP contribution is -2.28. The van der Waals surface area contributed by atoms with Crippen molar-refractivity contribution in [3.63, 3.8) is 0 Å². The molecule has 3 rings (SSSR count). The number of rotatable bonds is 4. The van der Waals surface area contributed by atoms with Gasteiger partial charge in [-0.15, -0.1) is 0 Å². The van der Waals surface area contributed by atoms with E-state index in [1.54, 1.807) is 30.3 Å². The highest BCUT2D eigenvalue weighted by Crippen LogP contribution is 2.26. The van der Waals surface area contributed by atoms with Crippen molar-refractivity contribution in [3.05, 3.63) is 69.5 Å². The third-order valence-corrected chi connectivity index (χ3v) is 4.16. The first-order valence-electron chi connectivity index (χ1n) is 7.72. The van der Waals surface area contributed by atoms with Gasteiger partial charge in [0.05, 0.1) is 12.6 Å². The standard InChI is InChI=1S/C19H17ClN2O3/c1-12-9-18(24)22(19-15(12)7-4-8-16(19)25-2)11-17(23)21-14-6-3-5-13(20)10-14/h3-10H,11H2,1-2H3,(H,21,23). The summed E-state index contributed by atoms with van der Waals surface area (Å²) in [5.74, 6) is 0.231. The molecule has 0 aliphatic rings. The number of ether oxygens (including phenoxy) is 1. The number of carbonyl (C=O) groups is 1. The third kappa shape index (κ3) is 3.51. The normalized spacial score (nSPS) is 10.7. The maximum atomic E-state index is 12.5. The largest absolute Gasteiger partial charge is 0.495 e. The second-order valence-corrected chi connectivity index (χ2v) is 6.10. The summed E-state index contributed by atoms with van der Waals surface area (Å²) in [7, 11) is 1.54. The Kier molecular flexibility index (Phi) is 4.76. The summed E-state index contributed by atoms with van der Waals surface area (Å²) in [4.78, 5) is 24.9. The van der Waals surface area contributed by atoms with Crippen LogP contribution in [0.15, 0.2) is 53.3 Å². The van der Waals surface area contributed by atoms with Crippen molar-refractivity contribution in [3.8, 4) is 5.75 Å². The quantitative estimate of drug-likeness (QED) is 0.776. The SMILES string of the molecule is COc1cccc2c(C)cc(=O)n(CC(=O)Nc3cccc(Cl)c3)c12. The first-order valence-corrected chi connectivity index (χ1v) is 8.10. The molecule has 1 N–H and O–H groups in total. The van der Waals surface area contributed by atoms with Crippen molar-refractivity contribution in [2.24, 2.45) is 0 Å². The van der Waals surface area contributed by atoms with Crippen LogP contribution in [0.5, 0.6) is 5.75 Å². The van der Waals surface area contributed by atoms with Gasteiger partial charge >= 0.3 is 0 Å². The maximum absolute atomic E-state index is 12.5. The zero-order chi connectivity index (χ0) is 18.0. The van der Waals surface area contributed by atoms with Crippen LogP contribution >= 0.6 is 11.6 Å². The van der Waals surface area contributed by atoms with E-state index in [1.165, 1.54) is 17.7 Å². The highest BCUT2D eigenvalue weighted by atomic mass is 35.5. The average Bonchev–Trinajstić information content (AvgIpc) is 2.58. The Morgan fingerprint density at radius 1 is 1.20 bits per heavy atom. The van der Waals surface area contributed by atoms with Gasteiger partial charge in [0.15, 0.2) is 0 Å². The van der Waals surface area contributed by atoms with Gasteiger partial charge in [0.25, 0.3) is 5.56 Å². The molecule has 0 atom stereocenters. The summed E-state index contributed by atoms with van der Waals surface area (Å²) in [5, 5.41) is 4.15. The molecule has 0 radical (unpaired) electrons. The molecular formula is C19H17ClN2O3. The molecule has 0 unspecified atom stereocenters. The predicted octanol–water partition coefficient (Wildman–Crippen LogP) is 3.61. The number of carbonyl (C=O) groups excluding carboxylic acids is 1. The van der Waals surface area contributed by atoms with Gasteiger partial charge in [0.2, 0.25) is 5.91 Å². The Morgan fingerprint density at radius 3 is 2.68 bits per heavy atom. The van der Waals surface area contributed by atoms with Gasteiger partial charge in [-0.2, -0.15) is 0 Å². The molecule has 128 valence electrons. The number of aromatic nitrogens is 1. The number of aryl methyl sites for hydroxylation is 1. The van der Waals surface area contributed by atoms with Crippen LogP contribution in [-0.4, -0.2) is 17.6 Å². The zero-order valence-corrected chi connectivity index (χ0v) is 14.6. The van der Waals surface area contributed by atoms with Crippen LogP contribution in [0.25, 0.3) is 10.9 Å². The Hall–Kier alpha value is -2.79. The van der Waals surface area contributed by atoms with E-state index >= 15 is 0 Å². The number of para-hydroxylation sites is 1. The number of pyridine rings is 1. The molecule has 2 aromatic carbocycles. The number of anilines is 1. The maximum Gasteiger partial charge on any atom is 0.251 e. The molecule has 0 aliphatic carbocycles. The Morgan fingerprint density at radius 2 is 1.96 bits per heavy atom. The fourth-order valence-electron chi connectivity index (χ4n) is 2.80. The van der Waals surface area contributed by atoms with E-state index in [0.29, 0.717) is 22.0 Å². The van der Waals surface area contributed by atoms with Crippen LogP contribution in [0, 0.1) is 6.92 Å². The lowest BCUT2D eigenvalue weighted by atomic mass is 10.1. The minimum atomic E-state index is -0.319. The van der Waals surface area contributed by atoms with Crippen LogP contribution in [0.1, 0.15) is 5.56 Å². The van der Waals surface area contributed by atoms with E-state index in [-0.39, 0.29) is 18.0 Å². The molecule has 0 spiro atoms. The molecule has 0 fully saturated rings. The molecule has 0 bridgehead atoms. The molecule has 1 heterocycles.